The van der Waals surface area contributed by atoms with Crippen LogP contribution in [0, 0.1) is 6.92 Å². The van der Waals surface area contributed by atoms with Gasteiger partial charge in [-0.05, 0) is 36.8 Å². The Morgan fingerprint density at radius 3 is 2.33 bits per heavy atom. The van der Waals surface area contributed by atoms with Crippen LogP contribution >= 0.6 is 11.6 Å². The quantitative estimate of drug-likeness (QED) is 0.552. The number of aryl methyl sites for hydroxylation is 1. The molecule has 2 amide bonds. The number of anilines is 2. The number of hydrogen-bond acceptors (Lipinski definition) is 4. The fourth-order valence-corrected chi connectivity index (χ4v) is 5.17. The number of carbonyl (C=O) groups excluding carboxylic acids is 2. The fourth-order valence-electron chi connectivity index (χ4n) is 3.36. The van der Waals surface area contributed by atoms with E-state index in [0.717, 1.165) is 4.31 Å². The van der Waals surface area contributed by atoms with Crippen LogP contribution in [-0.2, 0) is 10.0 Å². The van der Waals surface area contributed by atoms with E-state index in [-0.39, 0.29) is 28.6 Å². The lowest BCUT2D eigenvalue weighted by Crippen LogP contribution is -2.52. The highest BCUT2D eigenvalue weighted by Crippen LogP contribution is 2.39. The number of para-hydroxylation sites is 1. The summed E-state index contributed by atoms with van der Waals surface area (Å²) < 4.78 is 27.4. The minimum Gasteiger partial charge on any atom is -0.292 e. The number of rotatable bonds is 4. The lowest BCUT2D eigenvalue weighted by atomic mass is 10.1. The SMILES string of the molecule is Cc1ccc(Cl)cc1N1C(=O)N(CC(=O)c2ccccc2)c2ccccc2S1(=O)=O. The molecule has 4 rings (SSSR count). The third kappa shape index (κ3) is 3.36. The Balaban J connectivity index is 1.86. The molecule has 0 fully saturated rings. The van der Waals surface area contributed by atoms with Crippen LogP contribution in [0.1, 0.15) is 15.9 Å². The second kappa shape index (κ2) is 7.59. The number of nitrogens with zero attached hydrogens (tertiary/aromatic N) is 2. The van der Waals surface area contributed by atoms with Gasteiger partial charge in [0.1, 0.15) is 4.90 Å². The van der Waals surface area contributed by atoms with E-state index >= 15 is 0 Å². The number of urea groups is 1. The topological polar surface area (TPSA) is 74.8 Å². The number of hydrogen-bond donors (Lipinski definition) is 0. The van der Waals surface area contributed by atoms with Gasteiger partial charge < -0.3 is 0 Å². The Labute approximate surface area is 179 Å². The van der Waals surface area contributed by atoms with Crippen LogP contribution in [-0.4, -0.2) is 26.8 Å². The van der Waals surface area contributed by atoms with Crippen LogP contribution in [0.4, 0.5) is 16.2 Å². The van der Waals surface area contributed by atoms with E-state index in [4.69, 9.17) is 11.6 Å². The van der Waals surface area contributed by atoms with Gasteiger partial charge in [-0.1, -0.05) is 60.1 Å². The van der Waals surface area contributed by atoms with Crippen molar-refractivity contribution in [1.29, 1.82) is 0 Å². The van der Waals surface area contributed by atoms with Crippen LogP contribution in [0.15, 0.2) is 77.7 Å². The zero-order chi connectivity index (χ0) is 21.5. The van der Waals surface area contributed by atoms with Crippen LogP contribution in [0.25, 0.3) is 0 Å². The first-order valence-electron chi connectivity index (χ1n) is 9.11. The standard InChI is InChI=1S/C22H17ClN2O4S/c1-15-11-12-17(23)13-19(15)25-22(27)24(14-20(26)16-7-3-2-4-8-16)18-9-5-6-10-21(18)30(25,28)29/h2-13H,14H2,1H3. The van der Waals surface area contributed by atoms with Gasteiger partial charge in [0.2, 0.25) is 0 Å². The number of sulfonamides is 1. The molecule has 3 aromatic carbocycles. The lowest BCUT2D eigenvalue weighted by molar-refractivity contribution is 0.0999. The monoisotopic (exact) mass is 440 g/mol. The molecule has 8 heteroatoms. The molecule has 0 unspecified atom stereocenters. The minimum absolute atomic E-state index is 0.0511. The van der Waals surface area contributed by atoms with Gasteiger partial charge >= 0.3 is 6.03 Å². The summed E-state index contributed by atoms with van der Waals surface area (Å²) in [6, 6.07) is 18.5. The number of ketones is 1. The van der Waals surface area contributed by atoms with E-state index in [0.29, 0.717) is 16.1 Å². The number of carbonyl (C=O) groups is 2. The van der Waals surface area contributed by atoms with Gasteiger partial charge in [-0.3, -0.25) is 9.69 Å². The van der Waals surface area contributed by atoms with Gasteiger partial charge in [0, 0.05) is 10.6 Å². The summed E-state index contributed by atoms with van der Waals surface area (Å²) in [5, 5.41) is 0.296. The Morgan fingerprint density at radius 1 is 0.933 bits per heavy atom. The molecule has 0 aromatic heterocycles. The van der Waals surface area contributed by atoms with E-state index < -0.39 is 16.1 Å². The predicted octanol–water partition coefficient (Wildman–Crippen LogP) is 4.67. The van der Waals surface area contributed by atoms with E-state index in [9.17, 15) is 18.0 Å². The smallest absolute Gasteiger partial charge is 0.292 e. The number of halogens is 1. The molecular weight excluding hydrogens is 424 g/mol. The van der Waals surface area contributed by atoms with E-state index in [1.54, 1.807) is 61.5 Å². The highest BCUT2D eigenvalue weighted by Gasteiger charge is 2.43. The zero-order valence-corrected chi connectivity index (χ0v) is 17.5. The zero-order valence-electron chi connectivity index (χ0n) is 15.9. The summed E-state index contributed by atoms with van der Waals surface area (Å²) in [5.74, 6) is -0.305. The number of fused-ring (bicyclic) bond motifs is 1. The van der Waals surface area contributed by atoms with Crippen molar-refractivity contribution in [3.05, 3.63) is 88.9 Å². The molecule has 1 aliphatic heterocycles. The first-order chi connectivity index (χ1) is 14.3. The third-order valence-corrected chi connectivity index (χ3v) is 6.84. The van der Waals surface area contributed by atoms with E-state index in [1.807, 2.05) is 0 Å². The maximum atomic E-state index is 13.4. The van der Waals surface area contributed by atoms with Crippen molar-refractivity contribution in [2.45, 2.75) is 11.8 Å². The maximum absolute atomic E-state index is 13.4. The van der Waals surface area contributed by atoms with Crippen molar-refractivity contribution in [3.63, 3.8) is 0 Å². The first-order valence-corrected chi connectivity index (χ1v) is 10.9. The Hall–Kier alpha value is -3.16. The number of Topliss-reactive ketones (excluding diaryl/α,β-unsaturated/α-hetero) is 1. The van der Waals surface area contributed by atoms with Crippen molar-refractivity contribution < 1.29 is 18.0 Å². The molecular formula is C22H17ClN2O4S. The van der Waals surface area contributed by atoms with Gasteiger partial charge in [-0.2, -0.15) is 4.31 Å². The summed E-state index contributed by atoms with van der Waals surface area (Å²) in [6.07, 6.45) is 0. The molecule has 6 nitrogen and oxygen atoms in total. The Morgan fingerprint density at radius 2 is 1.60 bits per heavy atom. The molecule has 0 spiro atoms. The first kappa shape index (κ1) is 20.1. The maximum Gasteiger partial charge on any atom is 0.343 e. The second-order valence-electron chi connectivity index (χ2n) is 6.83. The van der Waals surface area contributed by atoms with Crippen molar-refractivity contribution in [2.75, 3.05) is 15.7 Å². The second-order valence-corrected chi connectivity index (χ2v) is 9.02. The fraction of sp³-hybridized carbons (Fsp3) is 0.0909. The molecule has 1 aliphatic rings. The minimum atomic E-state index is -4.19. The summed E-state index contributed by atoms with van der Waals surface area (Å²) >= 11 is 6.08. The van der Waals surface area contributed by atoms with Crippen LogP contribution in [0.3, 0.4) is 0 Å². The molecule has 0 saturated carbocycles. The van der Waals surface area contributed by atoms with Gasteiger partial charge in [0.05, 0.1) is 17.9 Å². The Kier molecular flexibility index (Phi) is 5.09. The number of amides is 2. The van der Waals surface area contributed by atoms with Crippen molar-refractivity contribution in [3.8, 4) is 0 Å². The Bertz CT molecular complexity index is 1260. The third-order valence-electron chi connectivity index (χ3n) is 4.87. The van der Waals surface area contributed by atoms with Gasteiger partial charge in [-0.25, -0.2) is 13.2 Å². The van der Waals surface area contributed by atoms with Crippen LogP contribution in [0.2, 0.25) is 5.02 Å². The van der Waals surface area contributed by atoms with E-state index in [1.165, 1.54) is 23.1 Å². The van der Waals surface area contributed by atoms with E-state index in [2.05, 4.69) is 0 Å². The largest absolute Gasteiger partial charge is 0.343 e. The molecule has 0 radical (unpaired) electrons. The van der Waals surface area contributed by atoms with Gasteiger partial charge in [0.25, 0.3) is 10.0 Å². The molecule has 152 valence electrons. The molecule has 3 aromatic rings. The van der Waals surface area contributed by atoms with Crippen molar-refractivity contribution >= 4 is 44.8 Å². The normalized spacial score (nSPS) is 15.1. The summed E-state index contributed by atoms with van der Waals surface area (Å²) in [4.78, 5) is 27.4. The van der Waals surface area contributed by atoms with Crippen molar-refractivity contribution in [1.82, 2.24) is 0 Å². The molecule has 1 heterocycles. The molecule has 30 heavy (non-hydrogen) atoms. The molecule has 0 atom stereocenters. The summed E-state index contributed by atoms with van der Waals surface area (Å²) in [5.41, 5.74) is 1.31. The van der Waals surface area contributed by atoms with Crippen LogP contribution in [0.5, 0.6) is 0 Å². The lowest BCUT2D eigenvalue weighted by Gasteiger charge is -2.36. The molecule has 0 N–H and O–H groups in total. The van der Waals surface area contributed by atoms with Crippen LogP contribution < -0.4 is 9.21 Å². The molecule has 0 aliphatic carbocycles. The predicted molar refractivity (Wildman–Crippen MR) is 116 cm³/mol. The van der Waals surface area contributed by atoms with Crippen molar-refractivity contribution in [2.24, 2.45) is 0 Å². The summed E-state index contributed by atoms with van der Waals surface area (Å²) in [6.45, 7) is 1.39. The average Bonchev–Trinajstić information content (AvgIpc) is 2.74. The van der Waals surface area contributed by atoms with Gasteiger partial charge in [0.15, 0.2) is 5.78 Å². The number of benzene rings is 3. The highest BCUT2D eigenvalue weighted by molar-refractivity contribution is 7.94. The molecule has 0 saturated heterocycles. The van der Waals surface area contributed by atoms with Gasteiger partial charge in [-0.15, -0.1) is 0 Å². The summed E-state index contributed by atoms with van der Waals surface area (Å²) in [7, 11) is -4.19. The average molecular weight is 441 g/mol. The highest BCUT2D eigenvalue weighted by atomic mass is 35.5. The molecule has 0 bridgehead atoms.